The Morgan fingerprint density at radius 2 is 1.61 bits per heavy atom. The normalized spacial score (nSPS) is 37.1. The number of likely N-dealkylation sites (N-methyl/N-ethyl adjacent to an activating group) is 3. The molecule has 3 fully saturated rings. The van der Waals surface area contributed by atoms with Crippen LogP contribution in [0.1, 0.15) is 40.0 Å². The zero-order valence-corrected chi connectivity index (χ0v) is 19.0. The largest absolute Gasteiger partial charge is 0.378 e. The van der Waals surface area contributed by atoms with Crippen molar-refractivity contribution in [3.05, 3.63) is 0 Å². The molecule has 0 aromatic heterocycles. The van der Waals surface area contributed by atoms with Crippen LogP contribution in [0.15, 0.2) is 0 Å². The molecule has 3 rings (SSSR count). The van der Waals surface area contributed by atoms with Gasteiger partial charge in [0.1, 0.15) is 0 Å². The molecular formula is C22H43N3O3. The van der Waals surface area contributed by atoms with E-state index in [0.29, 0.717) is 30.1 Å². The van der Waals surface area contributed by atoms with Gasteiger partial charge in [-0.3, -0.25) is 14.7 Å². The molecule has 164 valence electrons. The molecule has 0 N–H and O–H groups in total. The smallest absolute Gasteiger partial charge is 0.0753 e. The maximum atomic E-state index is 6.10. The fourth-order valence-corrected chi connectivity index (χ4v) is 5.17. The van der Waals surface area contributed by atoms with E-state index < -0.39 is 0 Å². The van der Waals surface area contributed by atoms with E-state index in [1.165, 1.54) is 12.8 Å². The zero-order valence-electron chi connectivity index (χ0n) is 19.0. The highest BCUT2D eigenvalue weighted by molar-refractivity contribution is 4.90. The van der Waals surface area contributed by atoms with Crippen molar-refractivity contribution in [1.29, 1.82) is 0 Å². The number of nitrogens with zero attached hydrogens (tertiary/aromatic N) is 3. The van der Waals surface area contributed by atoms with Crippen molar-refractivity contribution in [1.82, 2.24) is 14.7 Å². The number of morpholine rings is 3. The maximum Gasteiger partial charge on any atom is 0.0753 e. The van der Waals surface area contributed by atoms with Crippen LogP contribution in [-0.2, 0) is 14.2 Å². The van der Waals surface area contributed by atoms with Crippen molar-refractivity contribution in [2.24, 2.45) is 5.92 Å². The number of hydrogen-bond donors (Lipinski definition) is 0. The molecule has 3 aliphatic heterocycles. The second-order valence-corrected chi connectivity index (χ2v) is 10.1. The molecule has 5 atom stereocenters. The minimum Gasteiger partial charge on any atom is -0.378 e. The van der Waals surface area contributed by atoms with Crippen molar-refractivity contribution in [2.45, 2.75) is 69.8 Å². The van der Waals surface area contributed by atoms with Crippen LogP contribution in [0.5, 0.6) is 0 Å². The van der Waals surface area contributed by atoms with Crippen molar-refractivity contribution < 1.29 is 14.2 Å². The van der Waals surface area contributed by atoms with E-state index >= 15 is 0 Å². The summed E-state index contributed by atoms with van der Waals surface area (Å²) in [5, 5.41) is 0. The Hall–Kier alpha value is -0.240. The fraction of sp³-hybridized carbons (Fsp3) is 1.00. The third-order valence-electron chi connectivity index (χ3n) is 7.27. The van der Waals surface area contributed by atoms with E-state index in [1.54, 1.807) is 0 Å². The first kappa shape index (κ1) is 22.4. The van der Waals surface area contributed by atoms with Gasteiger partial charge in [-0.2, -0.15) is 0 Å². The van der Waals surface area contributed by atoms with Gasteiger partial charge >= 0.3 is 0 Å². The van der Waals surface area contributed by atoms with Gasteiger partial charge in [0.2, 0.25) is 0 Å². The van der Waals surface area contributed by atoms with E-state index in [9.17, 15) is 0 Å². The van der Waals surface area contributed by atoms with Crippen LogP contribution < -0.4 is 0 Å². The Balaban J connectivity index is 1.49. The van der Waals surface area contributed by atoms with Gasteiger partial charge in [-0.15, -0.1) is 0 Å². The second kappa shape index (κ2) is 9.71. The van der Waals surface area contributed by atoms with Crippen LogP contribution in [-0.4, -0.2) is 112 Å². The topological polar surface area (TPSA) is 37.4 Å². The lowest BCUT2D eigenvalue weighted by molar-refractivity contribution is -0.116. The average molecular weight is 398 g/mol. The highest BCUT2D eigenvalue weighted by atomic mass is 16.5. The monoisotopic (exact) mass is 397 g/mol. The Morgan fingerprint density at radius 1 is 0.893 bits per heavy atom. The molecule has 0 aliphatic carbocycles. The highest BCUT2D eigenvalue weighted by Gasteiger charge is 2.37. The summed E-state index contributed by atoms with van der Waals surface area (Å²) < 4.78 is 17.9. The summed E-state index contributed by atoms with van der Waals surface area (Å²) in [5.41, 5.74) is -0.0275. The lowest BCUT2D eigenvalue weighted by atomic mass is 9.89. The van der Waals surface area contributed by atoms with Crippen molar-refractivity contribution in [2.75, 3.05) is 67.3 Å². The molecule has 0 aromatic rings. The van der Waals surface area contributed by atoms with Gasteiger partial charge in [-0.05, 0) is 60.2 Å². The zero-order chi connectivity index (χ0) is 20.3. The van der Waals surface area contributed by atoms with E-state index in [0.717, 1.165) is 52.5 Å². The Labute approximate surface area is 172 Å². The van der Waals surface area contributed by atoms with Gasteiger partial charge in [-0.1, -0.05) is 6.92 Å². The van der Waals surface area contributed by atoms with E-state index in [1.807, 2.05) is 0 Å². The molecule has 0 saturated carbocycles. The first-order valence-corrected chi connectivity index (χ1v) is 11.2. The van der Waals surface area contributed by atoms with E-state index in [2.05, 4.69) is 56.6 Å². The molecule has 3 unspecified atom stereocenters. The van der Waals surface area contributed by atoms with Crippen molar-refractivity contribution in [3.8, 4) is 0 Å². The Kier molecular flexibility index (Phi) is 7.79. The van der Waals surface area contributed by atoms with Gasteiger partial charge in [0.25, 0.3) is 0 Å². The molecule has 0 bridgehead atoms. The Bertz CT molecular complexity index is 490. The highest BCUT2D eigenvalue weighted by Crippen LogP contribution is 2.28. The Morgan fingerprint density at radius 3 is 2.32 bits per heavy atom. The average Bonchev–Trinajstić information content (AvgIpc) is 2.64. The summed E-state index contributed by atoms with van der Waals surface area (Å²) in [6, 6.07) is 2.05. The van der Waals surface area contributed by atoms with Gasteiger partial charge in [0, 0.05) is 37.3 Å². The van der Waals surface area contributed by atoms with Crippen molar-refractivity contribution in [3.63, 3.8) is 0 Å². The van der Waals surface area contributed by atoms with Crippen LogP contribution in [0.4, 0.5) is 0 Å². The summed E-state index contributed by atoms with van der Waals surface area (Å²) in [7, 11) is 6.77. The summed E-state index contributed by atoms with van der Waals surface area (Å²) in [6.07, 6.45) is 3.53. The predicted molar refractivity (Wildman–Crippen MR) is 113 cm³/mol. The number of hydrogen-bond acceptors (Lipinski definition) is 6. The van der Waals surface area contributed by atoms with E-state index in [4.69, 9.17) is 14.2 Å². The van der Waals surface area contributed by atoms with Crippen LogP contribution in [0.2, 0.25) is 0 Å². The fourth-order valence-electron chi connectivity index (χ4n) is 5.17. The van der Waals surface area contributed by atoms with Gasteiger partial charge in [0.05, 0.1) is 38.6 Å². The maximum absolute atomic E-state index is 6.10. The SMILES string of the molecule is CC(CC1COC(C)(C)CN1C)[C@@H]1COCC(CC[C@@H]2COCCN2C)N1C. The van der Waals surface area contributed by atoms with Gasteiger partial charge in [0.15, 0.2) is 0 Å². The molecule has 0 aromatic carbocycles. The third-order valence-corrected chi connectivity index (χ3v) is 7.27. The van der Waals surface area contributed by atoms with Crippen LogP contribution >= 0.6 is 0 Å². The molecule has 28 heavy (non-hydrogen) atoms. The quantitative estimate of drug-likeness (QED) is 0.682. The third kappa shape index (κ3) is 5.67. The minimum absolute atomic E-state index is 0.0275. The van der Waals surface area contributed by atoms with Gasteiger partial charge in [-0.25, -0.2) is 0 Å². The summed E-state index contributed by atoms with van der Waals surface area (Å²) in [6.45, 7) is 13.1. The first-order valence-electron chi connectivity index (χ1n) is 11.2. The molecule has 3 saturated heterocycles. The molecule has 0 amide bonds. The number of ether oxygens (including phenoxy) is 3. The molecule has 0 radical (unpaired) electrons. The van der Waals surface area contributed by atoms with Crippen molar-refractivity contribution >= 4 is 0 Å². The lowest BCUT2D eigenvalue weighted by Crippen LogP contribution is -2.56. The molecule has 6 heteroatoms. The minimum atomic E-state index is -0.0275. The standard InChI is InChI=1S/C22H43N3O3/c1-17(11-20-14-28-22(2,3)16-24(20)5)21-15-27-13-19(25(21)6)8-7-18-12-26-10-9-23(18)4/h17-21H,7-16H2,1-6H3/t17?,18-,19?,20?,21+/m1/s1. The van der Waals surface area contributed by atoms with E-state index in [-0.39, 0.29) is 5.60 Å². The molecule has 0 spiro atoms. The van der Waals surface area contributed by atoms with Crippen LogP contribution in [0.3, 0.4) is 0 Å². The first-order chi connectivity index (χ1) is 13.3. The van der Waals surface area contributed by atoms with Crippen LogP contribution in [0, 0.1) is 5.92 Å². The summed E-state index contributed by atoms with van der Waals surface area (Å²) in [5.74, 6) is 0.589. The molecule has 3 aliphatic rings. The van der Waals surface area contributed by atoms with Crippen LogP contribution in [0.25, 0.3) is 0 Å². The number of rotatable bonds is 6. The summed E-state index contributed by atoms with van der Waals surface area (Å²) >= 11 is 0. The second-order valence-electron chi connectivity index (χ2n) is 10.1. The summed E-state index contributed by atoms with van der Waals surface area (Å²) in [4.78, 5) is 7.54. The van der Waals surface area contributed by atoms with Gasteiger partial charge < -0.3 is 14.2 Å². The molecular weight excluding hydrogens is 354 g/mol. The predicted octanol–water partition coefficient (Wildman–Crippen LogP) is 1.93. The lowest BCUT2D eigenvalue weighted by Gasteiger charge is -2.46. The molecule has 3 heterocycles. The molecule has 6 nitrogen and oxygen atoms in total.